The van der Waals surface area contributed by atoms with Crippen LogP contribution in [0.15, 0.2) is 36.5 Å². The maximum absolute atomic E-state index is 12.0. The molecule has 0 fully saturated rings. The number of rotatable bonds is 4. The molecule has 0 aliphatic heterocycles. The summed E-state index contributed by atoms with van der Waals surface area (Å²) in [7, 11) is 0. The highest BCUT2D eigenvalue weighted by molar-refractivity contribution is 6.31. The average Bonchev–Trinajstić information content (AvgIpc) is 2.54. The molecule has 0 radical (unpaired) electrons. The molecule has 7 nitrogen and oxygen atoms in total. The molecule has 3 N–H and O–H groups in total. The zero-order valence-corrected chi connectivity index (χ0v) is 13.8. The van der Waals surface area contributed by atoms with Crippen molar-refractivity contribution in [2.75, 3.05) is 0 Å². The topological polar surface area (TPSA) is 101 Å². The minimum absolute atomic E-state index is 0.0261. The molecule has 1 aromatic carbocycles. The third kappa shape index (κ3) is 4.60. The lowest BCUT2D eigenvalue weighted by atomic mass is 10.2. The molecule has 1 aromatic heterocycles. The molecule has 126 valence electrons. The Morgan fingerprint density at radius 3 is 2.50 bits per heavy atom. The summed E-state index contributed by atoms with van der Waals surface area (Å²) in [6.45, 7) is 3.73. The van der Waals surface area contributed by atoms with Crippen LogP contribution in [0.1, 0.15) is 34.6 Å². The molecule has 8 heteroatoms. The Balaban J connectivity index is 1.97. The van der Waals surface area contributed by atoms with E-state index in [2.05, 4.69) is 15.8 Å². The van der Waals surface area contributed by atoms with Gasteiger partial charge in [0.1, 0.15) is 5.75 Å². The monoisotopic (exact) mass is 349 g/mol. The van der Waals surface area contributed by atoms with Gasteiger partial charge in [-0.3, -0.25) is 20.4 Å². The second-order valence-electron chi connectivity index (χ2n) is 5.12. The maximum atomic E-state index is 12.0. The van der Waals surface area contributed by atoms with Crippen LogP contribution in [0, 0.1) is 0 Å². The van der Waals surface area contributed by atoms with Gasteiger partial charge in [0.05, 0.1) is 17.2 Å². The number of aromatic hydroxyl groups is 1. The first-order chi connectivity index (χ1) is 11.4. The van der Waals surface area contributed by atoms with E-state index in [1.54, 1.807) is 6.07 Å². The Labute approximate surface area is 143 Å². The van der Waals surface area contributed by atoms with Crippen LogP contribution < -0.4 is 15.6 Å². The van der Waals surface area contributed by atoms with Crippen molar-refractivity contribution in [1.82, 2.24) is 15.8 Å². The van der Waals surface area contributed by atoms with Crippen molar-refractivity contribution in [3.05, 3.63) is 52.7 Å². The molecular weight excluding hydrogens is 334 g/mol. The van der Waals surface area contributed by atoms with Crippen molar-refractivity contribution in [2.24, 2.45) is 0 Å². The van der Waals surface area contributed by atoms with Crippen molar-refractivity contribution >= 4 is 23.4 Å². The summed E-state index contributed by atoms with van der Waals surface area (Å²) in [4.78, 5) is 27.9. The highest BCUT2D eigenvalue weighted by Crippen LogP contribution is 2.21. The lowest BCUT2D eigenvalue weighted by Crippen LogP contribution is -2.41. The third-order valence-electron chi connectivity index (χ3n) is 2.85. The molecular formula is C16H16ClN3O4. The number of pyridine rings is 1. The van der Waals surface area contributed by atoms with Gasteiger partial charge in [-0.15, -0.1) is 0 Å². The van der Waals surface area contributed by atoms with Crippen molar-refractivity contribution in [3.63, 3.8) is 0 Å². The zero-order chi connectivity index (χ0) is 17.7. The van der Waals surface area contributed by atoms with Gasteiger partial charge < -0.3 is 9.84 Å². The van der Waals surface area contributed by atoms with E-state index in [1.165, 1.54) is 30.5 Å². The van der Waals surface area contributed by atoms with Crippen LogP contribution in [0.25, 0.3) is 0 Å². The fourth-order valence-electron chi connectivity index (χ4n) is 1.77. The number of carbonyl (C=O) groups excluding carboxylic acids is 2. The number of aromatic nitrogens is 1. The molecule has 0 bridgehead atoms. The quantitative estimate of drug-likeness (QED) is 0.735. The standard InChI is InChI=1S/C16H16ClN3O4/c1-9(2)24-14-6-3-10(8-18-14)15(22)19-20-16(23)12-7-11(17)4-5-13(12)21/h3-9,21H,1-2H3,(H,19,22)(H,20,23). The Morgan fingerprint density at radius 1 is 1.17 bits per heavy atom. The summed E-state index contributed by atoms with van der Waals surface area (Å²) in [5.74, 6) is -1.11. The number of amides is 2. The van der Waals surface area contributed by atoms with E-state index in [9.17, 15) is 14.7 Å². The van der Waals surface area contributed by atoms with Crippen molar-refractivity contribution in [1.29, 1.82) is 0 Å². The molecule has 2 rings (SSSR count). The number of benzene rings is 1. The van der Waals surface area contributed by atoms with E-state index in [0.717, 1.165) is 0 Å². The van der Waals surface area contributed by atoms with Crippen molar-refractivity contribution in [3.8, 4) is 11.6 Å². The molecule has 0 aliphatic rings. The van der Waals surface area contributed by atoms with Gasteiger partial charge in [0, 0.05) is 17.3 Å². The Bertz CT molecular complexity index is 747. The molecule has 0 unspecified atom stereocenters. The van der Waals surface area contributed by atoms with E-state index in [-0.39, 0.29) is 28.0 Å². The Kier molecular flexibility index (Phi) is 5.59. The minimum atomic E-state index is -0.698. The number of halogens is 1. The van der Waals surface area contributed by atoms with E-state index in [0.29, 0.717) is 5.88 Å². The van der Waals surface area contributed by atoms with Crippen LogP contribution in [0.2, 0.25) is 5.02 Å². The largest absolute Gasteiger partial charge is 0.507 e. The molecule has 2 aromatic rings. The molecule has 0 atom stereocenters. The Hall–Kier alpha value is -2.80. The molecule has 0 saturated carbocycles. The van der Waals surface area contributed by atoms with Gasteiger partial charge >= 0.3 is 0 Å². The summed E-state index contributed by atoms with van der Waals surface area (Å²) in [6, 6.07) is 7.09. The second-order valence-corrected chi connectivity index (χ2v) is 5.56. The smallest absolute Gasteiger partial charge is 0.273 e. The summed E-state index contributed by atoms with van der Waals surface area (Å²) >= 11 is 5.77. The molecule has 0 saturated heterocycles. The third-order valence-corrected chi connectivity index (χ3v) is 3.08. The number of carbonyl (C=O) groups is 2. The van der Waals surface area contributed by atoms with E-state index < -0.39 is 11.8 Å². The number of nitrogens with zero attached hydrogens (tertiary/aromatic N) is 1. The summed E-state index contributed by atoms with van der Waals surface area (Å²) in [5, 5.41) is 9.92. The predicted molar refractivity (Wildman–Crippen MR) is 88.1 cm³/mol. The number of phenols is 1. The minimum Gasteiger partial charge on any atom is -0.507 e. The second kappa shape index (κ2) is 7.65. The van der Waals surface area contributed by atoms with E-state index in [4.69, 9.17) is 16.3 Å². The van der Waals surface area contributed by atoms with Gasteiger partial charge in [0.2, 0.25) is 5.88 Å². The zero-order valence-electron chi connectivity index (χ0n) is 13.0. The Morgan fingerprint density at radius 2 is 1.88 bits per heavy atom. The first-order valence-corrected chi connectivity index (χ1v) is 7.46. The summed E-state index contributed by atoms with van der Waals surface area (Å²) in [6.07, 6.45) is 1.30. The fraction of sp³-hybridized carbons (Fsp3) is 0.188. The SMILES string of the molecule is CC(C)Oc1ccc(C(=O)NNC(=O)c2cc(Cl)ccc2O)cn1. The van der Waals surface area contributed by atoms with Crippen molar-refractivity contribution < 1.29 is 19.4 Å². The van der Waals surface area contributed by atoms with E-state index >= 15 is 0 Å². The van der Waals surface area contributed by atoms with Crippen molar-refractivity contribution in [2.45, 2.75) is 20.0 Å². The lowest BCUT2D eigenvalue weighted by molar-refractivity contribution is 0.0844. The molecule has 0 aliphatic carbocycles. The van der Waals surface area contributed by atoms with Gasteiger partial charge in [-0.25, -0.2) is 4.98 Å². The van der Waals surface area contributed by atoms with Gasteiger partial charge in [-0.05, 0) is 38.1 Å². The number of ether oxygens (including phenoxy) is 1. The van der Waals surface area contributed by atoms with Gasteiger partial charge in [-0.2, -0.15) is 0 Å². The van der Waals surface area contributed by atoms with Gasteiger partial charge in [0.15, 0.2) is 0 Å². The van der Waals surface area contributed by atoms with Crippen LogP contribution in [0.3, 0.4) is 0 Å². The van der Waals surface area contributed by atoms with E-state index in [1.807, 2.05) is 13.8 Å². The number of nitrogens with one attached hydrogen (secondary N) is 2. The normalized spacial score (nSPS) is 10.3. The number of hydrogen-bond donors (Lipinski definition) is 3. The van der Waals surface area contributed by atoms with Crippen LogP contribution in [0.4, 0.5) is 0 Å². The fourth-order valence-corrected chi connectivity index (χ4v) is 1.94. The number of hydrazine groups is 1. The number of phenolic OH excluding ortho intramolecular Hbond substituents is 1. The lowest BCUT2D eigenvalue weighted by Gasteiger charge is -2.10. The average molecular weight is 350 g/mol. The summed E-state index contributed by atoms with van der Waals surface area (Å²) in [5.41, 5.74) is 4.61. The number of hydrogen-bond acceptors (Lipinski definition) is 5. The van der Waals surface area contributed by atoms with Crippen LogP contribution >= 0.6 is 11.6 Å². The molecule has 2 amide bonds. The molecule has 24 heavy (non-hydrogen) atoms. The first kappa shape index (κ1) is 17.6. The molecule has 1 heterocycles. The predicted octanol–water partition coefficient (Wildman–Crippen LogP) is 2.30. The van der Waals surface area contributed by atoms with Crippen LogP contribution in [0.5, 0.6) is 11.6 Å². The highest BCUT2D eigenvalue weighted by Gasteiger charge is 2.13. The van der Waals surface area contributed by atoms with Crippen LogP contribution in [-0.4, -0.2) is 28.0 Å². The maximum Gasteiger partial charge on any atom is 0.273 e. The molecule has 0 spiro atoms. The summed E-state index contributed by atoms with van der Waals surface area (Å²) < 4.78 is 5.38. The highest BCUT2D eigenvalue weighted by atomic mass is 35.5. The van der Waals surface area contributed by atoms with Gasteiger partial charge in [-0.1, -0.05) is 11.6 Å². The first-order valence-electron chi connectivity index (χ1n) is 7.08. The van der Waals surface area contributed by atoms with Crippen LogP contribution in [-0.2, 0) is 0 Å². The van der Waals surface area contributed by atoms with Gasteiger partial charge in [0.25, 0.3) is 11.8 Å².